The minimum atomic E-state index is -1.30. The molecule has 0 N–H and O–H groups in total. The molecular formula is C17H12FN3O6. The summed E-state index contributed by atoms with van der Waals surface area (Å²) in [6.45, 7) is 0.0217. The molecule has 0 aromatic heterocycles. The Morgan fingerprint density at radius 3 is 2.89 bits per heavy atom. The molecule has 0 radical (unpaired) electrons. The second kappa shape index (κ2) is 6.40. The highest BCUT2D eigenvalue weighted by molar-refractivity contribution is 6.05. The number of nitrogens with zero attached hydrogens (tertiary/aromatic N) is 3. The molecule has 0 spiro atoms. The number of nitro benzene ring substituents is 1. The van der Waals surface area contributed by atoms with Crippen LogP contribution >= 0.6 is 0 Å². The maximum absolute atomic E-state index is 14.0. The SMILES string of the molecule is O=NC1C(=O)N(Cc2cc(F)cc3c2OCOC3)c2cc([N+](=O)[O-])ccc21. The Balaban J connectivity index is 1.78. The molecule has 2 aromatic carbocycles. The highest BCUT2D eigenvalue weighted by Gasteiger charge is 2.40. The second-order valence-corrected chi connectivity index (χ2v) is 6.10. The fourth-order valence-electron chi connectivity index (χ4n) is 3.32. The number of fused-ring (bicyclic) bond motifs is 2. The van der Waals surface area contributed by atoms with Gasteiger partial charge in [-0.3, -0.25) is 14.9 Å². The van der Waals surface area contributed by atoms with Crippen molar-refractivity contribution in [3.05, 3.63) is 67.9 Å². The van der Waals surface area contributed by atoms with Crippen LogP contribution in [0.3, 0.4) is 0 Å². The summed E-state index contributed by atoms with van der Waals surface area (Å²) in [5, 5.41) is 13.9. The van der Waals surface area contributed by atoms with Crippen molar-refractivity contribution in [1.29, 1.82) is 0 Å². The highest BCUT2D eigenvalue weighted by atomic mass is 19.1. The number of rotatable bonds is 4. The molecule has 2 aromatic rings. The van der Waals surface area contributed by atoms with Crippen molar-refractivity contribution in [3.8, 4) is 5.75 Å². The minimum absolute atomic E-state index is 0.0137. The van der Waals surface area contributed by atoms with Gasteiger partial charge in [-0.25, -0.2) is 4.39 Å². The van der Waals surface area contributed by atoms with Crippen LogP contribution in [0.5, 0.6) is 5.75 Å². The maximum Gasteiger partial charge on any atom is 0.271 e. The Bertz CT molecular complexity index is 979. The fraction of sp³-hybridized carbons (Fsp3) is 0.235. The number of ether oxygens (including phenoxy) is 2. The van der Waals surface area contributed by atoms with Crippen LogP contribution in [0.1, 0.15) is 22.7 Å². The normalized spacial score (nSPS) is 17.9. The molecule has 0 saturated carbocycles. The number of carbonyl (C=O) groups excluding carboxylic acids is 1. The number of halogens is 1. The molecule has 1 atom stereocenters. The fourth-order valence-corrected chi connectivity index (χ4v) is 3.32. The van der Waals surface area contributed by atoms with Crippen molar-refractivity contribution >= 4 is 17.3 Å². The van der Waals surface area contributed by atoms with Crippen LogP contribution in [0.25, 0.3) is 0 Å². The van der Waals surface area contributed by atoms with Crippen molar-refractivity contribution in [2.45, 2.75) is 19.2 Å². The van der Waals surface area contributed by atoms with Crippen molar-refractivity contribution in [2.24, 2.45) is 5.18 Å². The first kappa shape index (κ1) is 17.0. The number of non-ortho nitro benzene ring substituents is 1. The van der Waals surface area contributed by atoms with E-state index in [0.29, 0.717) is 16.9 Å². The Morgan fingerprint density at radius 1 is 1.33 bits per heavy atom. The zero-order chi connectivity index (χ0) is 19.1. The summed E-state index contributed by atoms with van der Waals surface area (Å²) in [5.41, 5.74) is 1.10. The van der Waals surface area contributed by atoms with E-state index in [1.165, 1.54) is 35.2 Å². The summed E-state index contributed by atoms with van der Waals surface area (Å²) in [7, 11) is 0. The Labute approximate surface area is 151 Å². The van der Waals surface area contributed by atoms with E-state index in [1.54, 1.807) is 0 Å². The van der Waals surface area contributed by atoms with Gasteiger partial charge in [0.1, 0.15) is 11.6 Å². The summed E-state index contributed by atoms with van der Waals surface area (Å²) in [5.74, 6) is -0.774. The lowest BCUT2D eigenvalue weighted by atomic mass is 10.1. The van der Waals surface area contributed by atoms with Gasteiger partial charge >= 0.3 is 0 Å². The molecule has 10 heteroatoms. The van der Waals surface area contributed by atoms with Gasteiger partial charge in [-0.15, -0.1) is 4.91 Å². The van der Waals surface area contributed by atoms with Crippen molar-refractivity contribution in [2.75, 3.05) is 11.7 Å². The maximum atomic E-state index is 14.0. The monoisotopic (exact) mass is 373 g/mol. The third-order valence-electron chi connectivity index (χ3n) is 4.50. The van der Waals surface area contributed by atoms with E-state index >= 15 is 0 Å². The van der Waals surface area contributed by atoms with Crippen molar-refractivity contribution in [1.82, 2.24) is 0 Å². The van der Waals surface area contributed by atoms with E-state index in [-0.39, 0.29) is 36.9 Å². The summed E-state index contributed by atoms with van der Waals surface area (Å²) in [6.07, 6.45) is 0. The third kappa shape index (κ3) is 2.79. The largest absolute Gasteiger partial charge is 0.467 e. The molecule has 0 aliphatic carbocycles. The minimum Gasteiger partial charge on any atom is -0.467 e. The van der Waals surface area contributed by atoms with Gasteiger partial charge in [-0.05, 0) is 18.2 Å². The number of benzene rings is 2. The molecule has 1 unspecified atom stereocenters. The lowest BCUT2D eigenvalue weighted by Gasteiger charge is -2.24. The molecule has 1 amide bonds. The standard InChI is InChI=1S/C17H12FN3O6/c18-11-3-9(16-10(4-11)7-26-8-27-16)6-20-14-5-12(21(24)25)1-2-13(14)15(19-23)17(20)22/h1-5,15H,6-8H2. The van der Waals surface area contributed by atoms with Crippen LogP contribution in [0, 0.1) is 20.8 Å². The van der Waals surface area contributed by atoms with Crippen LogP contribution in [0.2, 0.25) is 0 Å². The smallest absolute Gasteiger partial charge is 0.271 e. The molecular weight excluding hydrogens is 361 g/mol. The first-order chi connectivity index (χ1) is 13.0. The van der Waals surface area contributed by atoms with Gasteiger partial charge in [-0.2, -0.15) is 0 Å². The molecule has 0 fully saturated rings. The van der Waals surface area contributed by atoms with Gasteiger partial charge in [0.2, 0.25) is 0 Å². The third-order valence-corrected chi connectivity index (χ3v) is 4.50. The van der Waals surface area contributed by atoms with Crippen LogP contribution in [0.4, 0.5) is 15.8 Å². The predicted molar refractivity (Wildman–Crippen MR) is 89.5 cm³/mol. The first-order valence-corrected chi connectivity index (χ1v) is 7.93. The van der Waals surface area contributed by atoms with E-state index in [0.717, 1.165) is 0 Å². The number of hydrogen-bond acceptors (Lipinski definition) is 7. The van der Waals surface area contributed by atoms with E-state index in [4.69, 9.17) is 9.47 Å². The molecule has 9 nitrogen and oxygen atoms in total. The number of amides is 1. The number of carbonyl (C=O) groups is 1. The zero-order valence-electron chi connectivity index (χ0n) is 13.8. The van der Waals surface area contributed by atoms with E-state index in [1.807, 2.05) is 0 Å². The summed E-state index contributed by atoms with van der Waals surface area (Å²) in [4.78, 5) is 35.4. The Kier molecular flexibility index (Phi) is 4.04. The topological polar surface area (TPSA) is 111 Å². The Hall–Kier alpha value is -3.40. The lowest BCUT2D eigenvalue weighted by Crippen LogP contribution is -2.28. The van der Waals surface area contributed by atoms with Gasteiger partial charge in [0.15, 0.2) is 12.8 Å². The van der Waals surface area contributed by atoms with Crippen molar-refractivity contribution < 1.29 is 23.6 Å². The molecule has 27 heavy (non-hydrogen) atoms. The van der Waals surface area contributed by atoms with E-state index in [9.17, 15) is 24.2 Å². The molecule has 2 aliphatic rings. The molecule has 2 aliphatic heterocycles. The Morgan fingerprint density at radius 2 is 2.15 bits per heavy atom. The van der Waals surface area contributed by atoms with E-state index < -0.39 is 22.7 Å². The van der Waals surface area contributed by atoms with Gasteiger partial charge < -0.3 is 14.4 Å². The van der Waals surface area contributed by atoms with Gasteiger partial charge in [0, 0.05) is 28.8 Å². The van der Waals surface area contributed by atoms with E-state index in [2.05, 4.69) is 5.18 Å². The average Bonchev–Trinajstić information content (AvgIpc) is 2.92. The van der Waals surface area contributed by atoms with Crippen molar-refractivity contribution in [3.63, 3.8) is 0 Å². The number of anilines is 1. The number of nitroso groups, excluding NO2 is 1. The van der Waals surface area contributed by atoms with Gasteiger partial charge in [0.25, 0.3) is 11.6 Å². The average molecular weight is 373 g/mol. The van der Waals surface area contributed by atoms with Crippen LogP contribution in [0.15, 0.2) is 35.5 Å². The molecule has 0 saturated heterocycles. The molecule has 138 valence electrons. The molecule has 2 heterocycles. The van der Waals surface area contributed by atoms with Gasteiger partial charge in [-0.1, -0.05) is 5.18 Å². The zero-order valence-corrected chi connectivity index (χ0v) is 13.8. The molecule has 4 rings (SSSR count). The predicted octanol–water partition coefficient (Wildman–Crippen LogP) is 2.95. The number of nitro groups is 1. The highest BCUT2D eigenvalue weighted by Crippen LogP contribution is 2.42. The van der Waals surface area contributed by atoms with Gasteiger partial charge in [0.05, 0.1) is 23.8 Å². The molecule has 0 bridgehead atoms. The van der Waals surface area contributed by atoms with Crippen LogP contribution in [-0.4, -0.2) is 17.6 Å². The summed E-state index contributed by atoms with van der Waals surface area (Å²) in [6, 6.07) is 4.94. The first-order valence-electron chi connectivity index (χ1n) is 7.93. The number of hydrogen-bond donors (Lipinski definition) is 0. The lowest BCUT2D eigenvalue weighted by molar-refractivity contribution is -0.384. The summed E-state index contributed by atoms with van der Waals surface area (Å²) < 4.78 is 24.5. The van der Waals surface area contributed by atoms with Crippen LogP contribution in [-0.2, 0) is 22.7 Å². The second-order valence-electron chi connectivity index (χ2n) is 6.10. The quantitative estimate of drug-likeness (QED) is 0.463. The summed E-state index contributed by atoms with van der Waals surface area (Å²) >= 11 is 0. The van der Waals surface area contributed by atoms with Crippen LogP contribution < -0.4 is 9.64 Å².